The van der Waals surface area contributed by atoms with E-state index in [1.165, 1.54) is 0 Å². The predicted octanol–water partition coefficient (Wildman–Crippen LogP) is -10.8. The van der Waals surface area contributed by atoms with Crippen molar-refractivity contribution in [2.45, 2.75) is 130 Å². The lowest BCUT2D eigenvalue weighted by Gasteiger charge is -2.45. The molecule has 47 heavy (non-hydrogen) atoms. The summed E-state index contributed by atoms with van der Waals surface area (Å²) in [6, 6.07) is 0. The number of rotatable bonds is 6. The minimum Gasteiger partial charge on any atom is -0.394 e. The molecule has 0 radical (unpaired) electrons. The van der Waals surface area contributed by atoms with Crippen LogP contribution >= 0.6 is 0 Å². The molecule has 4 fully saturated rings. The lowest BCUT2D eigenvalue weighted by atomic mass is 9.96. The summed E-state index contributed by atoms with van der Waals surface area (Å²) in [7, 11) is 0. The van der Waals surface area contributed by atoms with E-state index in [2.05, 4.69) is 4.74 Å². The maximum Gasteiger partial charge on any atom is 0.187 e. The summed E-state index contributed by atoms with van der Waals surface area (Å²) in [6.07, 6.45) is -27.6. The number of aliphatic hydroxyl groups is 17. The van der Waals surface area contributed by atoms with Gasteiger partial charge in [0.1, 0.15) is 97.7 Å². The predicted molar refractivity (Wildman–Crippen MR) is 144 cm³/mol. The lowest BCUT2D eigenvalue weighted by Crippen LogP contribution is -2.64. The fraction of sp³-hybridized carbons (Fsp3) is 1.00. The molecular formula is C25H48O22. The minimum atomic E-state index is -1.76. The Bertz CT molecular complexity index is 844. The van der Waals surface area contributed by atoms with Crippen LogP contribution in [0.2, 0.25) is 0 Å². The molecular weight excluding hydrogens is 652 g/mol. The summed E-state index contributed by atoms with van der Waals surface area (Å²) in [5.41, 5.74) is 0. The second kappa shape index (κ2) is 18.9. The number of aliphatic hydroxyl groups excluding tert-OH is 17. The highest BCUT2D eigenvalue weighted by Gasteiger charge is 2.50. The first-order chi connectivity index (χ1) is 22.0. The smallest absolute Gasteiger partial charge is 0.187 e. The van der Waals surface area contributed by atoms with Crippen LogP contribution in [0.3, 0.4) is 0 Å². The monoisotopic (exact) mass is 700 g/mol. The standard InChI is InChI=1S/C12H22O11.C7H14O5.C6H12O6/c13-1-3-5(15)7(17)8(18)12(22-3)23-10-6(16)4(2-14)21-11(20)9(10)19;1-3-5(9)7(11)6(10)4(2-8)12-3;7-1-2-3(8)4(9)5(10)6(11)12-2/h3-20H,1-2H2;3-11H,2H2,1H3;2-11H,1H2/t3?,4?,5-,6+,7-,8?,9?,10-,11+,12-;3-,4?,5?,6-,7+;2?,3-,4+,5?,6-/m001/s1. The topological polar surface area (TPSA) is 390 Å². The highest BCUT2D eigenvalue weighted by atomic mass is 16.7. The molecule has 20 atom stereocenters. The molecule has 0 aromatic carbocycles. The van der Waals surface area contributed by atoms with Gasteiger partial charge in [-0.3, -0.25) is 0 Å². The molecule has 4 aliphatic heterocycles. The van der Waals surface area contributed by atoms with Crippen LogP contribution in [-0.4, -0.2) is 236 Å². The van der Waals surface area contributed by atoms with Crippen molar-refractivity contribution in [1.82, 2.24) is 0 Å². The van der Waals surface area contributed by atoms with Crippen molar-refractivity contribution in [1.29, 1.82) is 0 Å². The molecule has 0 spiro atoms. The van der Waals surface area contributed by atoms with Gasteiger partial charge < -0.3 is 110 Å². The summed E-state index contributed by atoms with van der Waals surface area (Å²) >= 11 is 0. The van der Waals surface area contributed by atoms with Gasteiger partial charge in [-0.15, -0.1) is 0 Å². The lowest BCUT2D eigenvalue weighted by molar-refractivity contribution is -0.355. The molecule has 22 nitrogen and oxygen atoms in total. The Morgan fingerprint density at radius 3 is 1.21 bits per heavy atom. The van der Waals surface area contributed by atoms with E-state index in [1.807, 2.05) is 0 Å². The van der Waals surface area contributed by atoms with Crippen molar-refractivity contribution in [2.24, 2.45) is 0 Å². The Morgan fingerprint density at radius 1 is 0.383 bits per heavy atom. The third kappa shape index (κ3) is 10.1. The summed E-state index contributed by atoms with van der Waals surface area (Å²) in [6.45, 7) is -0.662. The van der Waals surface area contributed by atoms with Crippen molar-refractivity contribution in [3.8, 4) is 0 Å². The zero-order chi connectivity index (χ0) is 35.9. The molecule has 0 aromatic rings. The van der Waals surface area contributed by atoms with Gasteiger partial charge in [-0.25, -0.2) is 0 Å². The molecule has 0 saturated carbocycles. The third-order valence-electron chi connectivity index (χ3n) is 7.98. The Hall–Kier alpha value is -0.880. The molecule has 22 heteroatoms. The maximum absolute atomic E-state index is 10.00. The molecule has 0 aromatic heterocycles. The van der Waals surface area contributed by atoms with Crippen LogP contribution in [0.25, 0.3) is 0 Å². The van der Waals surface area contributed by atoms with Crippen LogP contribution in [-0.2, 0) is 23.7 Å². The van der Waals surface area contributed by atoms with Crippen molar-refractivity contribution in [2.75, 3.05) is 26.4 Å². The second-order valence-electron chi connectivity index (χ2n) is 11.3. The van der Waals surface area contributed by atoms with Crippen LogP contribution in [0, 0.1) is 0 Å². The van der Waals surface area contributed by atoms with Gasteiger partial charge in [0.15, 0.2) is 18.9 Å². The van der Waals surface area contributed by atoms with Gasteiger partial charge in [-0.2, -0.15) is 0 Å². The first-order valence-electron chi connectivity index (χ1n) is 14.5. The summed E-state index contributed by atoms with van der Waals surface area (Å²) in [5, 5.41) is 158. The summed E-state index contributed by atoms with van der Waals surface area (Å²) in [5.74, 6) is 0. The quantitative estimate of drug-likeness (QED) is 0.122. The molecule has 4 heterocycles. The van der Waals surface area contributed by atoms with Gasteiger partial charge in [-0.05, 0) is 6.92 Å². The normalized spacial score (nSPS) is 50.4. The first-order valence-corrected chi connectivity index (χ1v) is 14.5. The number of ether oxygens (including phenoxy) is 5. The van der Waals surface area contributed by atoms with Gasteiger partial charge >= 0.3 is 0 Å². The second-order valence-corrected chi connectivity index (χ2v) is 11.3. The van der Waals surface area contributed by atoms with E-state index in [1.54, 1.807) is 6.92 Å². The van der Waals surface area contributed by atoms with Crippen molar-refractivity contribution >= 4 is 0 Å². The van der Waals surface area contributed by atoms with Crippen LogP contribution in [0.5, 0.6) is 0 Å². The third-order valence-corrected chi connectivity index (χ3v) is 7.98. The van der Waals surface area contributed by atoms with Gasteiger partial charge in [0.2, 0.25) is 0 Å². The largest absolute Gasteiger partial charge is 0.394 e. The molecule has 280 valence electrons. The minimum absolute atomic E-state index is 0.366. The van der Waals surface area contributed by atoms with Crippen LogP contribution < -0.4 is 0 Å². The van der Waals surface area contributed by atoms with Crippen LogP contribution in [0.1, 0.15) is 6.92 Å². The maximum atomic E-state index is 10.00. The fourth-order valence-corrected chi connectivity index (χ4v) is 4.93. The molecule has 4 saturated heterocycles. The Kier molecular flexibility index (Phi) is 17.0. The zero-order valence-electron chi connectivity index (χ0n) is 25.0. The zero-order valence-corrected chi connectivity index (χ0v) is 25.0. The fourth-order valence-electron chi connectivity index (χ4n) is 4.93. The highest BCUT2D eigenvalue weighted by Crippen LogP contribution is 2.28. The molecule has 4 rings (SSSR count). The van der Waals surface area contributed by atoms with Crippen molar-refractivity contribution in [3.63, 3.8) is 0 Å². The van der Waals surface area contributed by atoms with Gasteiger partial charge in [-0.1, -0.05) is 0 Å². The van der Waals surface area contributed by atoms with Crippen molar-refractivity contribution < 1.29 is 110 Å². The van der Waals surface area contributed by atoms with Crippen molar-refractivity contribution in [3.05, 3.63) is 0 Å². The molecule has 17 N–H and O–H groups in total. The van der Waals surface area contributed by atoms with Gasteiger partial charge in [0, 0.05) is 0 Å². The van der Waals surface area contributed by atoms with E-state index in [0.717, 1.165) is 0 Å². The SMILES string of the molecule is C[C@@H]1OC(CO)[C@H](O)[C@H](O)C1O.OCC1O[C@@H](O)C(O)[C@@H](O)[C@@H]1O.OCC1O[C@@H](O)C(O)[C@@H](O[C@@H]2OC(CO)[C@H](O)[C@H](O)C2O)[C@@H]1O. The van der Waals surface area contributed by atoms with Gasteiger partial charge in [0.25, 0.3) is 0 Å². The Morgan fingerprint density at radius 2 is 0.745 bits per heavy atom. The molecule has 0 aliphatic carbocycles. The summed E-state index contributed by atoms with van der Waals surface area (Å²) in [4.78, 5) is 0. The average molecular weight is 701 g/mol. The summed E-state index contributed by atoms with van der Waals surface area (Å²) < 4.78 is 24.7. The molecule has 0 bridgehead atoms. The van der Waals surface area contributed by atoms with E-state index in [-0.39, 0.29) is 6.61 Å². The van der Waals surface area contributed by atoms with E-state index < -0.39 is 142 Å². The van der Waals surface area contributed by atoms with E-state index in [0.29, 0.717) is 0 Å². The number of hydrogen-bond donors (Lipinski definition) is 17. The molecule has 0 amide bonds. The number of hydrogen-bond acceptors (Lipinski definition) is 22. The van der Waals surface area contributed by atoms with Crippen LogP contribution in [0.4, 0.5) is 0 Å². The van der Waals surface area contributed by atoms with Crippen LogP contribution in [0.15, 0.2) is 0 Å². The highest BCUT2D eigenvalue weighted by molar-refractivity contribution is 4.94. The van der Waals surface area contributed by atoms with E-state index in [9.17, 15) is 46.0 Å². The average Bonchev–Trinajstić information content (AvgIpc) is 3.06. The molecule has 4 aliphatic rings. The van der Waals surface area contributed by atoms with E-state index in [4.69, 9.17) is 59.8 Å². The van der Waals surface area contributed by atoms with Gasteiger partial charge in [0.05, 0.1) is 32.5 Å². The first kappa shape index (κ1) is 42.3. The van der Waals surface area contributed by atoms with E-state index >= 15 is 0 Å². The Balaban J connectivity index is 0.000000270. The Labute approximate surface area is 267 Å². The molecule has 8 unspecified atom stereocenters.